The van der Waals surface area contributed by atoms with Crippen molar-refractivity contribution in [1.29, 1.82) is 0 Å². The first-order chi connectivity index (χ1) is 10.5. The van der Waals surface area contributed by atoms with Crippen molar-refractivity contribution in [2.75, 3.05) is 0 Å². The van der Waals surface area contributed by atoms with Gasteiger partial charge in [-0.05, 0) is 79.4 Å². The van der Waals surface area contributed by atoms with Gasteiger partial charge in [-0.3, -0.25) is 0 Å². The standard InChI is InChI=1S/C22H36/c1-16-18(17-8-7-9-17)11-15-22(3)19(16)12-14-21(2)13-6-4-5-10-20(21)22/h10,16-19H,4-9,11-15H2,1-3H3. The van der Waals surface area contributed by atoms with Crippen molar-refractivity contribution in [3.05, 3.63) is 11.6 Å². The zero-order chi connectivity index (χ0) is 15.4. The Morgan fingerprint density at radius 1 is 0.909 bits per heavy atom. The maximum atomic E-state index is 2.72. The van der Waals surface area contributed by atoms with Gasteiger partial charge < -0.3 is 0 Å². The van der Waals surface area contributed by atoms with Gasteiger partial charge in [-0.2, -0.15) is 0 Å². The van der Waals surface area contributed by atoms with E-state index in [1.165, 1.54) is 57.8 Å². The van der Waals surface area contributed by atoms with Gasteiger partial charge in [-0.25, -0.2) is 0 Å². The lowest BCUT2D eigenvalue weighted by molar-refractivity contribution is -0.0367. The Morgan fingerprint density at radius 2 is 1.73 bits per heavy atom. The smallest absolute Gasteiger partial charge is 0.00800 e. The van der Waals surface area contributed by atoms with E-state index in [4.69, 9.17) is 0 Å². The molecular weight excluding hydrogens is 264 g/mol. The normalized spacial score (nSPS) is 49.4. The van der Waals surface area contributed by atoms with Crippen LogP contribution < -0.4 is 0 Å². The first-order valence-corrected chi connectivity index (χ1v) is 10.3. The molecule has 0 bridgehead atoms. The molecule has 0 aromatic heterocycles. The van der Waals surface area contributed by atoms with E-state index in [1.54, 1.807) is 12.8 Å². The molecule has 4 aliphatic rings. The van der Waals surface area contributed by atoms with Gasteiger partial charge in [0.2, 0.25) is 0 Å². The van der Waals surface area contributed by atoms with Crippen LogP contribution in [0.3, 0.4) is 0 Å². The zero-order valence-corrected chi connectivity index (χ0v) is 15.2. The molecule has 0 spiro atoms. The number of rotatable bonds is 1. The summed E-state index contributed by atoms with van der Waals surface area (Å²) in [6, 6.07) is 0. The Labute approximate surface area is 138 Å². The number of hydrogen-bond acceptors (Lipinski definition) is 0. The second-order valence-corrected chi connectivity index (χ2v) is 9.74. The van der Waals surface area contributed by atoms with Gasteiger partial charge in [0, 0.05) is 0 Å². The van der Waals surface area contributed by atoms with Crippen LogP contribution in [0, 0.1) is 34.5 Å². The third-order valence-corrected chi connectivity index (χ3v) is 8.68. The number of allylic oxidation sites excluding steroid dienone is 2. The Kier molecular flexibility index (Phi) is 3.74. The first kappa shape index (κ1) is 15.3. The molecule has 4 rings (SSSR count). The Balaban J connectivity index is 1.64. The van der Waals surface area contributed by atoms with Crippen molar-refractivity contribution >= 4 is 0 Å². The highest BCUT2D eigenvalue weighted by Crippen LogP contribution is 2.64. The van der Waals surface area contributed by atoms with Gasteiger partial charge in [0.1, 0.15) is 0 Å². The molecule has 0 radical (unpaired) electrons. The lowest BCUT2D eigenvalue weighted by atomic mass is 9.45. The van der Waals surface area contributed by atoms with Crippen LogP contribution >= 0.6 is 0 Å². The summed E-state index contributed by atoms with van der Waals surface area (Å²) in [5, 5.41) is 0. The summed E-state index contributed by atoms with van der Waals surface area (Å²) in [7, 11) is 0. The predicted octanol–water partition coefficient (Wildman–Crippen LogP) is 6.76. The second kappa shape index (κ2) is 5.38. The topological polar surface area (TPSA) is 0 Å². The molecule has 22 heavy (non-hydrogen) atoms. The fraction of sp³-hybridized carbons (Fsp3) is 0.909. The second-order valence-electron chi connectivity index (χ2n) is 9.74. The highest BCUT2D eigenvalue weighted by atomic mass is 14.6. The van der Waals surface area contributed by atoms with Crippen molar-refractivity contribution in [3.63, 3.8) is 0 Å². The summed E-state index contributed by atoms with van der Waals surface area (Å²) in [5.74, 6) is 4.10. The van der Waals surface area contributed by atoms with E-state index < -0.39 is 0 Å². The summed E-state index contributed by atoms with van der Waals surface area (Å²) in [6.45, 7) is 7.90. The van der Waals surface area contributed by atoms with E-state index >= 15 is 0 Å². The van der Waals surface area contributed by atoms with E-state index in [0.29, 0.717) is 10.8 Å². The van der Waals surface area contributed by atoms with Gasteiger partial charge >= 0.3 is 0 Å². The lowest BCUT2D eigenvalue weighted by Gasteiger charge is -2.59. The third kappa shape index (κ3) is 2.15. The van der Waals surface area contributed by atoms with Gasteiger partial charge in [-0.15, -0.1) is 0 Å². The van der Waals surface area contributed by atoms with Crippen LogP contribution in [0.1, 0.15) is 91.4 Å². The van der Waals surface area contributed by atoms with Gasteiger partial charge in [0.15, 0.2) is 0 Å². The predicted molar refractivity (Wildman–Crippen MR) is 94.7 cm³/mol. The molecule has 3 saturated carbocycles. The van der Waals surface area contributed by atoms with Crippen LogP contribution in [-0.4, -0.2) is 0 Å². The van der Waals surface area contributed by atoms with Crippen molar-refractivity contribution in [2.24, 2.45) is 34.5 Å². The molecule has 0 N–H and O–H groups in total. The minimum absolute atomic E-state index is 0.539. The van der Waals surface area contributed by atoms with Crippen molar-refractivity contribution in [1.82, 2.24) is 0 Å². The quantitative estimate of drug-likeness (QED) is 0.469. The maximum absolute atomic E-state index is 2.72. The molecule has 3 fully saturated rings. The highest BCUT2D eigenvalue weighted by Gasteiger charge is 2.54. The number of fused-ring (bicyclic) bond motifs is 3. The summed E-state index contributed by atoms with van der Waals surface area (Å²) in [5.41, 5.74) is 2.99. The summed E-state index contributed by atoms with van der Waals surface area (Å²) >= 11 is 0. The average molecular weight is 301 g/mol. The van der Waals surface area contributed by atoms with Crippen molar-refractivity contribution in [3.8, 4) is 0 Å². The summed E-state index contributed by atoms with van der Waals surface area (Å²) in [6.07, 6.45) is 19.0. The maximum Gasteiger partial charge on any atom is -0.00800 e. The third-order valence-electron chi connectivity index (χ3n) is 8.68. The summed E-state index contributed by atoms with van der Waals surface area (Å²) < 4.78 is 0. The molecule has 0 heterocycles. The monoisotopic (exact) mass is 300 g/mol. The Morgan fingerprint density at radius 3 is 2.45 bits per heavy atom. The van der Waals surface area contributed by atoms with Crippen LogP contribution in [0.5, 0.6) is 0 Å². The SMILES string of the molecule is CC1C(C2CCC2)CCC2(C)C3=CCCCCC3(C)CCC12. The van der Waals surface area contributed by atoms with Gasteiger partial charge in [0.25, 0.3) is 0 Å². The molecule has 0 heteroatoms. The molecule has 124 valence electrons. The molecule has 0 aromatic carbocycles. The minimum atomic E-state index is 0.539. The van der Waals surface area contributed by atoms with Crippen LogP contribution in [0.25, 0.3) is 0 Å². The van der Waals surface area contributed by atoms with E-state index in [0.717, 1.165) is 23.7 Å². The molecule has 0 amide bonds. The zero-order valence-electron chi connectivity index (χ0n) is 15.2. The van der Waals surface area contributed by atoms with Gasteiger partial charge in [-0.1, -0.05) is 58.1 Å². The fourth-order valence-corrected chi connectivity index (χ4v) is 7.19. The van der Waals surface area contributed by atoms with E-state index in [9.17, 15) is 0 Å². The van der Waals surface area contributed by atoms with Gasteiger partial charge in [0.05, 0.1) is 0 Å². The molecular formula is C22H36. The molecule has 0 aliphatic heterocycles. The summed E-state index contributed by atoms with van der Waals surface area (Å²) in [4.78, 5) is 0. The lowest BCUT2D eigenvalue weighted by Crippen LogP contribution is -2.50. The van der Waals surface area contributed by atoms with Crippen LogP contribution in [0.4, 0.5) is 0 Å². The van der Waals surface area contributed by atoms with Crippen molar-refractivity contribution in [2.45, 2.75) is 91.4 Å². The average Bonchev–Trinajstić information content (AvgIpc) is 2.62. The highest BCUT2D eigenvalue weighted by molar-refractivity contribution is 5.28. The number of hydrogen-bond donors (Lipinski definition) is 0. The minimum Gasteiger partial charge on any atom is -0.0842 e. The van der Waals surface area contributed by atoms with Crippen molar-refractivity contribution < 1.29 is 0 Å². The van der Waals surface area contributed by atoms with E-state index in [-0.39, 0.29) is 0 Å². The molecule has 0 saturated heterocycles. The first-order valence-electron chi connectivity index (χ1n) is 10.3. The Bertz CT molecular complexity index is 457. The molecule has 4 aliphatic carbocycles. The van der Waals surface area contributed by atoms with Crippen LogP contribution in [-0.2, 0) is 0 Å². The largest absolute Gasteiger partial charge is 0.0842 e. The molecule has 0 aromatic rings. The van der Waals surface area contributed by atoms with Crippen LogP contribution in [0.2, 0.25) is 0 Å². The molecule has 5 atom stereocenters. The van der Waals surface area contributed by atoms with Crippen LogP contribution in [0.15, 0.2) is 11.6 Å². The van der Waals surface area contributed by atoms with E-state index in [1.807, 2.05) is 5.57 Å². The fourth-order valence-electron chi connectivity index (χ4n) is 7.19. The van der Waals surface area contributed by atoms with E-state index in [2.05, 4.69) is 26.8 Å². The molecule has 5 unspecified atom stereocenters. The molecule has 0 nitrogen and oxygen atoms in total. The Hall–Kier alpha value is -0.260.